The lowest BCUT2D eigenvalue weighted by Crippen LogP contribution is -2.17. The Kier molecular flexibility index (Phi) is 5.24. The maximum Gasteiger partial charge on any atom is 0.261 e. The second-order valence-corrected chi connectivity index (χ2v) is 9.75. The molecule has 0 unspecified atom stereocenters. The predicted molar refractivity (Wildman–Crippen MR) is 114 cm³/mol. The van der Waals surface area contributed by atoms with E-state index in [1.165, 1.54) is 0 Å². The molecule has 3 rings (SSSR count). The van der Waals surface area contributed by atoms with Crippen LogP contribution in [0.25, 0.3) is 22.8 Å². The van der Waals surface area contributed by atoms with Crippen LogP contribution >= 0.6 is 23.2 Å². The minimum Gasteiger partial charge on any atom is -0.507 e. The molecular formula is C22H24Cl2N2O2. The number of phenols is 1. The van der Waals surface area contributed by atoms with E-state index in [0.717, 1.165) is 11.1 Å². The van der Waals surface area contributed by atoms with Gasteiger partial charge in [0.15, 0.2) is 0 Å². The van der Waals surface area contributed by atoms with Crippen LogP contribution in [0.2, 0.25) is 10.0 Å². The summed E-state index contributed by atoms with van der Waals surface area (Å²) in [6, 6.07) is 9.13. The summed E-state index contributed by atoms with van der Waals surface area (Å²) in [5.41, 5.74) is 2.55. The SMILES string of the molecule is CC(C)(C)c1cc(-c2noc(-c3c(Cl)cccc3Cl)n2)c(O)c(C(C)(C)C)c1. The number of nitrogens with zero attached hydrogens (tertiary/aromatic N) is 2. The molecule has 2 aromatic carbocycles. The van der Waals surface area contributed by atoms with Crippen LogP contribution in [0.5, 0.6) is 5.75 Å². The first-order valence-electron chi connectivity index (χ1n) is 9.06. The summed E-state index contributed by atoms with van der Waals surface area (Å²) in [4.78, 5) is 4.47. The van der Waals surface area contributed by atoms with Crippen LogP contribution in [0.3, 0.4) is 0 Å². The highest BCUT2D eigenvalue weighted by Gasteiger charge is 2.27. The molecule has 0 spiro atoms. The van der Waals surface area contributed by atoms with Gasteiger partial charge in [-0.05, 0) is 34.6 Å². The first kappa shape index (κ1) is 20.7. The van der Waals surface area contributed by atoms with Gasteiger partial charge < -0.3 is 9.63 Å². The first-order chi connectivity index (χ1) is 12.9. The average molecular weight is 419 g/mol. The van der Waals surface area contributed by atoms with E-state index in [0.29, 0.717) is 27.0 Å². The number of halogens is 2. The summed E-state index contributed by atoms with van der Waals surface area (Å²) in [5.74, 6) is 0.654. The zero-order valence-corrected chi connectivity index (χ0v) is 18.4. The summed E-state index contributed by atoms with van der Waals surface area (Å²) in [6.07, 6.45) is 0. The molecule has 0 aliphatic rings. The Labute approximate surface area is 175 Å². The number of benzene rings is 2. The van der Waals surface area contributed by atoms with Gasteiger partial charge in [-0.25, -0.2) is 0 Å². The molecule has 1 N–H and O–H groups in total. The molecule has 0 aliphatic carbocycles. The van der Waals surface area contributed by atoms with Gasteiger partial charge in [0.1, 0.15) is 5.75 Å². The molecule has 1 heterocycles. The van der Waals surface area contributed by atoms with E-state index >= 15 is 0 Å². The highest BCUT2D eigenvalue weighted by molar-refractivity contribution is 6.38. The van der Waals surface area contributed by atoms with Crippen LogP contribution < -0.4 is 0 Å². The number of hydrogen-bond acceptors (Lipinski definition) is 4. The van der Waals surface area contributed by atoms with E-state index in [2.05, 4.69) is 51.7 Å². The van der Waals surface area contributed by atoms with Crippen LogP contribution in [0, 0.1) is 0 Å². The maximum atomic E-state index is 11.0. The number of hydrogen-bond donors (Lipinski definition) is 1. The van der Waals surface area contributed by atoms with Crippen molar-refractivity contribution in [3.63, 3.8) is 0 Å². The normalized spacial score (nSPS) is 12.4. The molecule has 0 fully saturated rings. The molecule has 1 aromatic heterocycles. The molecule has 0 atom stereocenters. The van der Waals surface area contributed by atoms with Crippen LogP contribution in [0.4, 0.5) is 0 Å². The number of aromatic nitrogens is 2. The second kappa shape index (κ2) is 7.09. The van der Waals surface area contributed by atoms with E-state index < -0.39 is 0 Å². The lowest BCUT2D eigenvalue weighted by atomic mass is 9.79. The van der Waals surface area contributed by atoms with Crippen molar-refractivity contribution >= 4 is 23.2 Å². The number of aromatic hydroxyl groups is 1. The van der Waals surface area contributed by atoms with Gasteiger partial charge in [-0.15, -0.1) is 0 Å². The molecule has 3 aromatic rings. The fourth-order valence-corrected chi connectivity index (χ4v) is 3.51. The average Bonchev–Trinajstić information content (AvgIpc) is 3.02. The molecule has 4 nitrogen and oxygen atoms in total. The predicted octanol–water partition coefficient (Wildman–Crippen LogP) is 7.01. The highest BCUT2D eigenvalue weighted by atomic mass is 35.5. The van der Waals surface area contributed by atoms with E-state index in [4.69, 9.17) is 27.7 Å². The molecule has 6 heteroatoms. The summed E-state index contributed by atoms with van der Waals surface area (Å²) in [7, 11) is 0. The summed E-state index contributed by atoms with van der Waals surface area (Å²) in [5, 5.41) is 15.9. The standard InChI is InChI=1S/C22H24Cl2N2O2/c1-21(2,3)12-10-13(18(27)14(11-12)22(4,5)6)19-25-20(28-26-19)17-15(23)8-7-9-16(17)24/h7-11,27H,1-6H3. The lowest BCUT2D eigenvalue weighted by Gasteiger charge is -2.27. The van der Waals surface area contributed by atoms with Crippen molar-refractivity contribution in [3.8, 4) is 28.6 Å². The quantitative estimate of drug-likeness (QED) is 0.485. The Morgan fingerprint density at radius 1 is 0.929 bits per heavy atom. The van der Waals surface area contributed by atoms with Crippen LogP contribution in [-0.4, -0.2) is 15.2 Å². The third kappa shape index (κ3) is 3.89. The van der Waals surface area contributed by atoms with Gasteiger partial charge in [0.05, 0.1) is 21.2 Å². The van der Waals surface area contributed by atoms with Gasteiger partial charge in [-0.2, -0.15) is 4.98 Å². The fraction of sp³-hybridized carbons (Fsp3) is 0.364. The monoisotopic (exact) mass is 418 g/mol. The largest absolute Gasteiger partial charge is 0.507 e. The molecule has 0 amide bonds. The number of rotatable bonds is 2. The molecular weight excluding hydrogens is 395 g/mol. The fourth-order valence-electron chi connectivity index (χ4n) is 2.95. The summed E-state index contributed by atoms with van der Waals surface area (Å²) >= 11 is 12.5. The van der Waals surface area contributed by atoms with Crippen LogP contribution in [0.15, 0.2) is 34.9 Å². The van der Waals surface area contributed by atoms with Gasteiger partial charge in [-0.3, -0.25) is 0 Å². The maximum absolute atomic E-state index is 11.0. The Morgan fingerprint density at radius 3 is 2.07 bits per heavy atom. The van der Waals surface area contributed by atoms with Crippen LogP contribution in [0.1, 0.15) is 52.7 Å². The minimum absolute atomic E-state index is 0.110. The van der Waals surface area contributed by atoms with Gasteiger partial charge in [-0.1, -0.05) is 82.0 Å². The highest BCUT2D eigenvalue weighted by Crippen LogP contribution is 2.42. The van der Waals surface area contributed by atoms with E-state index in [1.54, 1.807) is 18.2 Å². The molecule has 0 saturated heterocycles. The molecule has 0 radical (unpaired) electrons. The van der Waals surface area contributed by atoms with Crippen LogP contribution in [-0.2, 0) is 10.8 Å². The van der Waals surface area contributed by atoms with E-state index in [-0.39, 0.29) is 22.5 Å². The van der Waals surface area contributed by atoms with E-state index in [1.807, 2.05) is 12.1 Å². The Hall–Kier alpha value is -2.04. The summed E-state index contributed by atoms with van der Waals surface area (Å²) < 4.78 is 5.43. The smallest absolute Gasteiger partial charge is 0.261 e. The number of phenolic OH excluding ortho intramolecular Hbond substituents is 1. The van der Waals surface area contributed by atoms with Gasteiger partial charge in [0, 0.05) is 5.56 Å². The minimum atomic E-state index is -0.251. The van der Waals surface area contributed by atoms with Crippen molar-refractivity contribution in [1.82, 2.24) is 10.1 Å². The molecule has 0 bridgehead atoms. The Morgan fingerprint density at radius 2 is 1.54 bits per heavy atom. The molecule has 28 heavy (non-hydrogen) atoms. The molecule has 0 saturated carbocycles. The van der Waals surface area contributed by atoms with Gasteiger partial charge in [0.25, 0.3) is 5.89 Å². The third-order valence-corrected chi connectivity index (χ3v) is 5.26. The Balaban J connectivity index is 2.21. The van der Waals surface area contributed by atoms with Crippen molar-refractivity contribution in [2.24, 2.45) is 0 Å². The zero-order valence-electron chi connectivity index (χ0n) is 16.9. The zero-order chi connectivity index (χ0) is 20.9. The van der Waals surface area contributed by atoms with E-state index in [9.17, 15) is 5.11 Å². The summed E-state index contributed by atoms with van der Waals surface area (Å²) in [6.45, 7) is 12.6. The second-order valence-electron chi connectivity index (χ2n) is 8.94. The van der Waals surface area contributed by atoms with Crippen molar-refractivity contribution in [3.05, 3.63) is 51.5 Å². The first-order valence-corrected chi connectivity index (χ1v) is 9.81. The van der Waals surface area contributed by atoms with Crippen molar-refractivity contribution in [1.29, 1.82) is 0 Å². The molecule has 0 aliphatic heterocycles. The van der Waals surface area contributed by atoms with Gasteiger partial charge >= 0.3 is 0 Å². The van der Waals surface area contributed by atoms with Crippen molar-refractivity contribution < 1.29 is 9.63 Å². The van der Waals surface area contributed by atoms with Crippen molar-refractivity contribution in [2.75, 3.05) is 0 Å². The topological polar surface area (TPSA) is 59.2 Å². The van der Waals surface area contributed by atoms with Crippen molar-refractivity contribution in [2.45, 2.75) is 52.4 Å². The Bertz CT molecular complexity index is 1010. The van der Waals surface area contributed by atoms with Gasteiger partial charge in [0.2, 0.25) is 5.82 Å². The third-order valence-electron chi connectivity index (χ3n) is 4.63. The lowest BCUT2D eigenvalue weighted by molar-refractivity contribution is 0.428. The molecule has 148 valence electrons.